The number of halogens is 1. The van der Waals surface area contributed by atoms with Crippen molar-refractivity contribution >= 4 is 33.6 Å². The number of carbonyl (C=O) groups is 1. The second kappa shape index (κ2) is 9.83. The van der Waals surface area contributed by atoms with Crippen LogP contribution in [0.25, 0.3) is 0 Å². The van der Waals surface area contributed by atoms with E-state index >= 15 is 0 Å². The lowest BCUT2D eigenvalue weighted by Gasteiger charge is -2.31. The lowest BCUT2D eigenvalue weighted by Crippen LogP contribution is -2.44. The first-order chi connectivity index (χ1) is 12.2. The Labute approximate surface area is 162 Å². The summed E-state index contributed by atoms with van der Waals surface area (Å²) in [4.78, 5) is 14.9. The van der Waals surface area contributed by atoms with Gasteiger partial charge in [-0.15, -0.1) is 0 Å². The normalized spacial score (nSPS) is 22.9. The van der Waals surface area contributed by atoms with Crippen LogP contribution in [0.2, 0.25) is 0 Å². The zero-order chi connectivity index (χ0) is 17.5. The maximum atomic E-state index is 12.8. The molecule has 4 nitrogen and oxygen atoms in total. The fourth-order valence-corrected chi connectivity index (χ4v) is 4.95. The van der Waals surface area contributed by atoms with Crippen molar-refractivity contribution in [3.63, 3.8) is 0 Å². The topological polar surface area (TPSA) is 38.8 Å². The molecule has 1 aromatic rings. The summed E-state index contributed by atoms with van der Waals surface area (Å²) in [5.74, 6) is 3.31. The quantitative estimate of drug-likeness (QED) is 0.584. The molecule has 2 aliphatic heterocycles. The van der Waals surface area contributed by atoms with E-state index in [1.807, 2.05) is 36.0 Å². The van der Waals surface area contributed by atoms with Crippen LogP contribution in [-0.4, -0.2) is 54.2 Å². The molecule has 0 spiro atoms. The second-order valence-corrected chi connectivity index (χ2v) is 8.67. The first-order valence-corrected chi connectivity index (χ1v) is 11.0. The zero-order valence-corrected chi connectivity index (χ0v) is 16.9. The van der Waals surface area contributed by atoms with E-state index in [1.54, 1.807) is 0 Å². The molecule has 0 saturated carbocycles. The minimum Gasteiger partial charge on any atom is -0.494 e. The SMILES string of the molecule is O=C(CCCOc1cccc(Br)c1)N(CC1CCCO1)C1CCSC1. The summed E-state index contributed by atoms with van der Waals surface area (Å²) >= 11 is 5.39. The highest BCUT2D eigenvalue weighted by Crippen LogP contribution is 2.25. The molecule has 3 rings (SSSR count). The van der Waals surface area contributed by atoms with Crippen molar-refractivity contribution in [2.24, 2.45) is 0 Å². The van der Waals surface area contributed by atoms with Gasteiger partial charge in [0.05, 0.1) is 12.7 Å². The minimum atomic E-state index is 0.229. The maximum Gasteiger partial charge on any atom is 0.223 e. The van der Waals surface area contributed by atoms with Crippen LogP contribution in [-0.2, 0) is 9.53 Å². The van der Waals surface area contributed by atoms with Crippen molar-refractivity contribution in [2.75, 3.05) is 31.3 Å². The van der Waals surface area contributed by atoms with Gasteiger partial charge >= 0.3 is 0 Å². The Morgan fingerprint density at radius 1 is 1.40 bits per heavy atom. The van der Waals surface area contributed by atoms with Crippen molar-refractivity contribution in [3.05, 3.63) is 28.7 Å². The van der Waals surface area contributed by atoms with Crippen LogP contribution in [0.3, 0.4) is 0 Å². The molecule has 2 aliphatic rings. The van der Waals surface area contributed by atoms with Crippen molar-refractivity contribution in [3.8, 4) is 5.75 Å². The third-order valence-corrected chi connectivity index (χ3v) is 6.33. The number of hydrogen-bond acceptors (Lipinski definition) is 4. The minimum absolute atomic E-state index is 0.229. The number of nitrogens with zero attached hydrogens (tertiary/aromatic N) is 1. The third-order valence-electron chi connectivity index (χ3n) is 4.69. The van der Waals surface area contributed by atoms with Gasteiger partial charge < -0.3 is 14.4 Å². The van der Waals surface area contributed by atoms with Crippen LogP contribution in [0, 0.1) is 0 Å². The number of hydrogen-bond donors (Lipinski definition) is 0. The number of amides is 1. The number of benzene rings is 1. The molecule has 1 aromatic carbocycles. The van der Waals surface area contributed by atoms with E-state index < -0.39 is 0 Å². The van der Waals surface area contributed by atoms with E-state index in [4.69, 9.17) is 9.47 Å². The van der Waals surface area contributed by atoms with Crippen molar-refractivity contribution in [1.82, 2.24) is 4.90 Å². The Kier molecular flexibility index (Phi) is 7.49. The van der Waals surface area contributed by atoms with E-state index in [2.05, 4.69) is 20.8 Å². The highest BCUT2D eigenvalue weighted by Gasteiger charge is 2.30. The highest BCUT2D eigenvalue weighted by atomic mass is 79.9. The van der Waals surface area contributed by atoms with Crippen molar-refractivity contribution in [1.29, 1.82) is 0 Å². The van der Waals surface area contributed by atoms with E-state index in [9.17, 15) is 4.79 Å². The summed E-state index contributed by atoms with van der Waals surface area (Å²) in [6.45, 7) is 2.17. The van der Waals surface area contributed by atoms with Crippen molar-refractivity contribution < 1.29 is 14.3 Å². The summed E-state index contributed by atoms with van der Waals surface area (Å²) in [6.07, 6.45) is 4.82. The first kappa shape index (κ1) is 19.1. The number of ether oxygens (including phenoxy) is 2. The molecule has 6 heteroatoms. The van der Waals surface area contributed by atoms with E-state index in [0.717, 1.165) is 60.6 Å². The average Bonchev–Trinajstić information content (AvgIpc) is 3.30. The Morgan fingerprint density at radius 2 is 2.32 bits per heavy atom. The monoisotopic (exact) mass is 427 g/mol. The first-order valence-electron chi connectivity index (χ1n) is 9.09. The molecule has 1 amide bonds. The van der Waals surface area contributed by atoms with Gasteiger partial charge in [0.25, 0.3) is 0 Å². The average molecular weight is 428 g/mol. The summed E-state index contributed by atoms with van der Waals surface area (Å²) in [5.41, 5.74) is 0. The molecule has 25 heavy (non-hydrogen) atoms. The Balaban J connectivity index is 1.45. The van der Waals surface area contributed by atoms with Gasteiger partial charge in [0.2, 0.25) is 5.91 Å². The summed E-state index contributed by atoms with van der Waals surface area (Å²) in [7, 11) is 0. The van der Waals surface area contributed by atoms with E-state index in [-0.39, 0.29) is 12.0 Å². The van der Waals surface area contributed by atoms with Gasteiger partial charge in [0.1, 0.15) is 5.75 Å². The van der Waals surface area contributed by atoms with Crippen LogP contribution in [0.4, 0.5) is 0 Å². The van der Waals surface area contributed by atoms with Gasteiger partial charge in [-0.1, -0.05) is 22.0 Å². The maximum absolute atomic E-state index is 12.8. The molecule has 0 bridgehead atoms. The van der Waals surface area contributed by atoms with Gasteiger partial charge in [-0.05, 0) is 49.6 Å². The molecule has 2 fully saturated rings. The van der Waals surface area contributed by atoms with E-state index in [1.165, 1.54) is 0 Å². The second-order valence-electron chi connectivity index (χ2n) is 6.61. The predicted octanol–water partition coefficient (Wildman–Crippen LogP) is 4.12. The standard InChI is InChI=1S/C19H26BrNO3S/c20-15-4-1-5-17(12-15)23-10-3-7-19(22)21(16-8-11-25-14-16)13-18-6-2-9-24-18/h1,4-5,12,16,18H,2-3,6-11,13-14H2. The Hall–Kier alpha value is -0.720. The molecule has 2 heterocycles. The smallest absolute Gasteiger partial charge is 0.223 e. The van der Waals surface area contributed by atoms with Crippen molar-refractivity contribution in [2.45, 2.75) is 44.2 Å². The molecule has 2 atom stereocenters. The van der Waals surface area contributed by atoms with Gasteiger partial charge in [0.15, 0.2) is 0 Å². The van der Waals surface area contributed by atoms with Gasteiger partial charge in [-0.25, -0.2) is 0 Å². The lowest BCUT2D eigenvalue weighted by molar-refractivity contribution is -0.135. The fourth-order valence-electron chi connectivity index (χ4n) is 3.34. The van der Waals surface area contributed by atoms with E-state index in [0.29, 0.717) is 19.1 Å². The molecule has 2 saturated heterocycles. The molecule has 2 unspecified atom stereocenters. The fraction of sp³-hybridized carbons (Fsp3) is 0.632. The molecular weight excluding hydrogens is 402 g/mol. The number of thioether (sulfide) groups is 1. The molecular formula is C19H26BrNO3S. The largest absolute Gasteiger partial charge is 0.494 e. The molecule has 0 radical (unpaired) electrons. The predicted molar refractivity (Wildman–Crippen MR) is 105 cm³/mol. The molecule has 0 aromatic heterocycles. The van der Waals surface area contributed by atoms with Crippen LogP contribution in [0.15, 0.2) is 28.7 Å². The van der Waals surface area contributed by atoms with Crippen LogP contribution >= 0.6 is 27.7 Å². The van der Waals surface area contributed by atoms with Gasteiger partial charge in [-0.3, -0.25) is 4.79 Å². The Morgan fingerprint density at radius 3 is 3.04 bits per heavy atom. The highest BCUT2D eigenvalue weighted by molar-refractivity contribution is 9.10. The van der Waals surface area contributed by atoms with Crippen LogP contribution in [0.5, 0.6) is 5.75 Å². The third kappa shape index (κ3) is 5.90. The zero-order valence-electron chi connectivity index (χ0n) is 14.5. The molecule has 138 valence electrons. The Bertz CT molecular complexity index is 559. The van der Waals surface area contributed by atoms with Gasteiger partial charge in [-0.2, -0.15) is 11.8 Å². The van der Waals surface area contributed by atoms with Crippen LogP contribution < -0.4 is 4.74 Å². The van der Waals surface area contributed by atoms with Crippen LogP contribution in [0.1, 0.15) is 32.1 Å². The summed E-state index contributed by atoms with van der Waals surface area (Å²) < 4.78 is 12.5. The summed E-state index contributed by atoms with van der Waals surface area (Å²) in [5, 5.41) is 0. The molecule has 0 aliphatic carbocycles. The lowest BCUT2D eigenvalue weighted by atomic mass is 10.1. The number of rotatable bonds is 8. The number of carbonyl (C=O) groups excluding carboxylic acids is 1. The molecule has 0 N–H and O–H groups in total. The summed E-state index contributed by atoms with van der Waals surface area (Å²) in [6, 6.07) is 8.19. The van der Waals surface area contributed by atoms with Gasteiger partial charge in [0, 0.05) is 35.8 Å².